The third-order valence-corrected chi connectivity index (χ3v) is 2.04. The highest BCUT2D eigenvalue weighted by Gasteiger charge is 2.11. The number of aromatic nitrogens is 2. The van der Waals surface area contributed by atoms with Crippen LogP contribution in [-0.2, 0) is 10.2 Å². The SMILES string of the molecule is CC(NS(N)(=O)=O)c1cn[nH]c1. The van der Waals surface area contributed by atoms with Crippen molar-refractivity contribution in [1.82, 2.24) is 14.9 Å². The van der Waals surface area contributed by atoms with Crippen LogP contribution in [0.5, 0.6) is 0 Å². The van der Waals surface area contributed by atoms with Crippen molar-refractivity contribution in [3.05, 3.63) is 18.0 Å². The topological polar surface area (TPSA) is 101 Å². The van der Waals surface area contributed by atoms with Crippen molar-refractivity contribution in [2.24, 2.45) is 5.14 Å². The van der Waals surface area contributed by atoms with Crippen LogP contribution in [0.25, 0.3) is 0 Å². The second-order valence-corrected chi connectivity index (χ2v) is 3.74. The fourth-order valence-corrected chi connectivity index (χ4v) is 1.44. The van der Waals surface area contributed by atoms with Gasteiger partial charge in [-0.1, -0.05) is 0 Å². The van der Waals surface area contributed by atoms with E-state index in [1.807, 2.05) is 0 Å². The molecule has 0 fully saturated rings. The lowest BCUT2D eigenvalue weighted by molar-refractivity contribution is 0.569. The standard InChI is InChI=1S/C5H10N4O2S/c1-4(9-12(6,10)11)5-2-7-8-3-5/h2-4,9H,1H3,(H,7,8)(H2,6,10,11). The van der Waals surface area contributed by atoms with Crippen LogP contribution in [0.2, 0.25) is 0 Å². The minimum absolute atomic E-state index is 0.362. The summed E-state index contributed by atoms with van der Waals surface area (Å²) in [6, 6.07) is -0.362. The lowest BCUT2D eigenvalue weighted by atomic mass is 10.2. The maximum absolute atomic E-state index is 10.6. The van der Waals surface area contributed by atoms with Crippen LogP contribution in [0.3, 0.4) is 0 Å². The Kier molecular flexibility index (Phi) is 2.46. The lowest BCUT2D eigenvalue weighted by Crippen LogP contribution is -2.32. The van der Waals surface area contributed by atoms with Gasteiger partial charge in [-0.3, -0.25) is 5.10 Å². The van der Waals surface area contributed by atoms with Gasteiger partial charge in [0.25, 0.3) is 10.2 Å². The number of hydrogen-bond donors (Lipinski definition) is 3. The highest BCUT2D eigenvalue weighted by atomic mass is 32.2. The Morgan fingerprint density at radius 1 is 1.75 bits per heavy atom. The highest BCUT2D eigenvalue weighted by Crippen LogP contribution is 2.08. The zero-order valence-corrected chi connectivity index (χ0v) is 7.30. The molecule has 0 saturated carbocycles. The maximum atomic E-state index is 10.6. The van der Waals surface area contributed by atoms with E-state index >= 15 is 0 Å². The van der Waals surface area contributed by atoms with E-state index in [4.69, 9.17) is 5.14 Å². The number of hydrogen-bond acceptors (Lipinski definition) is 3. The molecule has 0 saturated heterocycles. The summed E-state index contributed by atoms with van der Waals surface area (Å²) in [4.78, 5) is 0. The average molecular weight is 190 g/mol. The molecule has 12 heavy (non-hydrogen) atoms. The van der Waals surface area contributed by atoms with E-state index in [1.54, 1.807) is 13.1 Å². The number of H-pyrrole nitrogens is 1. The molecule has 7 heteroatoms. The molecule has 0 aromatic carbocycles. The van der Waals surface area contributed by atoms with Crippen molar-refractivity contribution in [2.45, 2.75) is 13.0 Å². The van der Waals surface area contributed by atoms with Gasteiger partial charge in [0.05, 0.1) is 6.20 Å². The molecule has 1 unspecified atom stereocenters. The van der Waals surface area contributed by atoms with Crippen molar-refractivity contribution in [2.75, 3.05) is 0 Å². The molecule has 0 aliphatic rings. The van der Waals surface area contributed by atoms with Gasteiger partial charge < -0.3 is 0 Å². The average Bonchev–Trinajstić information content (AvgIpc) is 2.32. The summed E-state index contributed by atoms with van der Waals surface area (Å²) in [5, 5.41) is 11.0. The molecule has 1 aromatic rings. The quantitative estimate of drug-likeness (QED) is 0.585. The number of nitrogens with one attached hydrogen (secondary N) is 2. The maximum Gasteiger partial charge on any atom is 0.274 e. The van der Waals surface area contributed by atoms with Gasteiger partial charge in [-0.25, -0.2) is 5.14 Å². The summed E-state index contributed by atoms with van der Waals surface area (Å²) in [5.41, 5.74) is 0.740. The summed E-state index contributed by atoms with van der Waals surface area (Å²) in [5.74, 6) is 0. The summed E-state index contributed by atoms with van der Waals surface area (Å²) in [7, 11) is -3.64. The smallest absolute Gasteiger partial charge is 0.274 e. The molecule has 0 bridgehead atoms. The molecule has 0 amide bonds. The molecule has 68 valence electrons. The van der Waals surface area contributed by atoms with Crippen LogP contribution in [0.4, 0.5) is 0 Å². The molecule has 1 rings (SSSR count). The van der Waals surface area contributed by atoms with Gasteiger partial charge in [0.1, 0.15) is 0 Å². The molecule has 1 heterocycles. The van der Waals surface area contributed by atoms with Gasteiger partial charge >= 0.3 is 0 Å². The fraction of sp³-hybridized carbons (Fsp3) is 0.400. The minimum atomic E-state index is -3.64. The Labute approximate surface area is 70.3 Å². The molecular formula is C5H10N4O2S. The second kappa shape index (κ2) is 3.21. The number of nitrogens with two attached hydrogens (primary N) is 1. The van der Waals surface area contributed by atoms with Crippen LogP contribution < -0.4 is 9.86 Å². The van der Waals surface area contributed by atoms with E-state index in [0.29, 0.717) is 0 Å². The van der Waals surface area contributed by atoms with Gasteiger partial charge in [-0.2, -0.15) is 18.2 Å². The Morgan fingerprint density at radius 2 is 2.42 bits per heavy atom. The van der Waals surface area contributed by atoms with Gasteiger partial charge in [0, 0.05) is 17.8 Å². The summed E-state index contributed by atoms with van der Waals surface area (Å²) >= 11 is 0. The molecule has 0 aliphatic heterocycles. The Balaban J connectivity index is 2.68. The molecule has 1 atom stereocenters. The first kappa shape index (κ1) is 9.17. The van der Waals surface area contributed by atoms with Crippen LogP contribution >= 0.6 is 0 Å². The molecule has 0 radical (unpaired) electrons. The van der Waals surface area contributed by atoms with E-state index in [0.717, 1.165) is 5.56 Å². The van der Waals surface area contributed by atoms with E-state index in [1.165, 1.54) is 6.20 Å². The largest absolute Gasteiger partial charge is 0.285 e. The van der Waals surface area contributed by atoms with E-state index in [2.05, 4.69) is 14.9 Å². The predicted octanol–water partition coefficient (Wildman–Crippen LogP) is -0.736. The minimum Gasteiger partial charge on any atom is -0.285 e. The van der Waals surface area contributed by atoms with Gasteiger partial charge in [-0.05, 0) is 6.92 Å². The molecule has 1 aromatic heterocycles. The molecule has 0 aliphatic carbocycles. The normalized spacial score (nSPS) is 14.5. The second-order valence-electron chi connectivity index (χ2n) is 2.42. The van der Waals surface area contributed by atoms with E-state index < -0.39 is 10.2 Å². The van der Waals surface area contributed by atoms with E-state index in [9.17, 15) is 8.42 Å². The van der Waals surface area contributed by atoms with Crippen molar-refractivity contribution in [3.63, 3.8) is 0 Å². The summed E-state index contributed by atoms with van der Waals surface area (Å²) in [6.07, 6.45) is 3.13. The third kappa shape index (κ3) is 2.61. The zero-order chi connectivity index (χ0) is 9.19. The van der Waals surface area contributed by atoms with Gasteiger partial charge in [0.2, 0.25) is 0 Å². The van der Waals surface area contributed by atoms with Crippen LogP contribution in [-0.4, -0.2) is 18.6 Å². The number of aromatic amines is 1. The monoisotopic (exact) mass is 190 g/mol. The van der Waals surface area contributed by atoms with Crippen molar-refractivity contribution >= 4 is 10.2 Å². The van der Waals surface area contributed by atoms with Crippen molar-refractivity contribution in [3.8, 4) is 0 Å². The van der Waals surface area contributed by atoms with Crippen LogP contribution in [0.15, 0.2) is 12.4 Å². The lowest BCUT2D eigenvalue weighted by Gasteiger charge is -2.08. The Bertz CT molecular complexity index is 330. The summed E-state index contributed by atoms with van der Waals surface area (Å²) in [6.45, 7) is 1.68. The zero-order valence-electron chi connectivity index (χ0n) is 6.48. The van der Waals surface area contributed by atoms with Crippen LogP contribution in [0, 0.1) is 0 Å². The number of rotatable bonds is 3. The van der Waals surface area contributed by atoms with Gasteiger partial charge in [-0.15, -0.1) is 0 Å². The summed E-state index contributed by atoms with van der Waals surface area (Å²) < 4.78 is 23.4. The van der Waals surface area contributed by atoms with Gasteiger partial charge in [0.15, 0.2) is 0 Å². The number of nitrogens with zero attached hydrogens (tertiary/aromatic N) is 1. The van der Waals surface area contributed by atoms with Crippen LogP contribution in [0.1, 0.15) is 18.5 Å². The Morgan fingerprint density at radius 3 is 2.83 bits per heavy atom. The first-order chi connectivity index (χ1) is 5.49. The molecule has 4 N–H and O–H groups in total. The van der Waals surface area contributed by atoms with Crippen molar-refractivity contribution in [1.29, 1.82) is 0 Å². The van der Waals surface area contributed by atoms with E-state index in [-0.39, 0.29) is 6.04 Å². The molecule has 0 spiro atoms. The molecule has 6 nitrogen and oxygen atoms in total. The highest BCUT2D eigenvalue weighted by molar-refractivity contribution is 7.87. The first-order valence-corrected chi connectivity index (χ1v) is 4.82. The Hall–Kier alpha value is -0.920. The van der Waals surface area contributed by atoms with Crippen molar-refractivity contribution < 1.29 is 8.42 Å². The third-order valence-electron chi connectivity index (χ3n) is 1.36. The fourth-order valence-electron chi connectivity index (χ4n) is 0.812. The predicted molar refractivity (Wildman–Crippen MR) is 43.2 cm³/mol. The molecular weight excluding hydrogens is 180 g/mol. The first-order valence-electron chi connectivity index (χ1n) is 3.28.